The minimum atomic E-state index is -4.44. The van der Waals surface area contributed by atoms with Gasteiger partial charge in [-0.3, -0.25) is 4.55 Å². The van der Waals surface area contributed by atoms with Crippen LogP contribution in [0.5, 0.6) is 5.75 Å². The lowest BCUT2D eigenvalue weighted by Gasteiger charge is -2.14. The van der Waals surface area contributed by atoms with E-state index in [-0.39, 0.29) is 33.0 Å². The zero-order chi connectivity index (χ0) is 20.6. The molecule has 0 saturated carbocycles. The highest BCUT2D eigenvalue weighted by molar-refractivity contribution is 7.85. The second-order valence-electron chi connectivity index (χ2n) is 6.60. The van der Waals surface area contributed by atoms with Crippen molar-refractivity contribution in [1.82, 2.24) is 0 Å². The van der Waals surface area contributed by atoms with Crippen molar-refractivity contribution in [2.24, 2.45) is 10.2 Å². The van der Waals surface area contributed by atoms with Gasteiger partial charge in [0.05, 0.1) is 10.6 Å². The number of phenolic OH excluding ortho intramolecular Hbond substituents is 1. The molecule has 0 unspecified atom stereocenters. The first-order valence-corrected chi connectivity index (χ1v) is 10.1. The lowest BCUT2D eigenvalue weighted by Crippen LogP contribution is -2.04. The Kier molecular flexibility index (Phi) is 5.10. The normalized spacial score (nSPS) is 12.1. The largest absolute Gasteiger partial charge is 0.505 e. The third kappa shape index (κ3) is 3.56. The van der Waals surface area contributed by atoms with Crippen LogP contribution >= 0.6 is 0 Å². The minimum Gasteiger partial charge on any atom is -0.505 e. The van der Waals surface area contributed by atoms with Crippen LogP contribution in [0, 0.1) is 13.8 Å². The summed E-state index contributed by atoms with van der Waals surface area (Å²) in [6, 6.07) is 10.5. The first-order valence-electron chi connectivity index (χ1n) is 8.67. The van der Waals surface area contributed by atoms with Crippen molar-refractivity contribution < 1.29 is 18.1 Å². The molecule has 146 valence electrons. The fourth-order valence-corrected chi connectivity index (χ4v) is 3.86. The summed E-state index contributed by atoms with van der Waals surface area (Å²) in [6.07, 6.45) is 0.923. The Hall–Kier alpha value is -2.97. The molecular formula is C20H21N3O4S. The summed E-state index contributed by atoms with van der Waals surface area (Å²) < 4.78 is 32.6. The molecule has 0 atom stereocenters. The number of rotatable bonds is 4. The molecule has 0 amide bonds. The highest BCUT2D eigenvalue weighted by atomic mass is 32.2. The molecule has 0 aromatic heterocycles. The summed E-state index contributed by atoms with van der Waals surface area (Å²) in [5.41, 5.74) is 8.95. The van der Waals surface area contributed by atoms with E-state index in [4.69, 9.17) is 5.73 Å². The van der Waals surface area contributed by atoms with Gasteiger partial charge in [-0.15, -0.1) is 5.11 Å². The molecule has 0 spiro atoms. The van der Waals surface area contributed by atoms with Gasteiger partial charge in [0.15, 0.2) is 5.75 Å². The van der Waals surface area contributed by atoms with E-state index in [2.05, 4.69) is 17.2 Å². The number of azo groups is 1. The van der Waals surface area contributed by atoms with Crippen molar-refractivity contribution in [3.63, 3.8) is 0 Å². The summed E-state index contributed by atoms with van der Waals surface area (Å²) in [5, 5.41) is 19.8. The lowest BCUT2D eigenvalue weighted by molar-refractivity contribution is 0.480. The number of aryl methyl sites for hydroxylation is 2. The van der Waals surface area contributed by atoms with E-state index < -0.39 is 10.1 Å². The Morgan fingerprint density at radius 2 is 1.71 bits per heavy atom. The molecule has 0 saturated heterocycles. The van der Waals surface area contributed by atoms with Gasteiger partial charge >= 0.3 is 0 Å². The monoisotopic (exact) mass is 399 g/mol. The van der Waals surface area contributed by atoms with Gasteiger partial charge in [0.1, 0.15) is 5.69 Å². The van der Waals surface area contributed by atoms with Crippen molar-refractivity contribution in [2.45, 2.75) is 32.1 Å². The predicted octanol–water partition coefficient (Wildman–Crippen LogP) is 4.97. The number of nitrogen functional groups attached to an aromatic ring is 1. The van der Waals surface area contributed by atoms with Crippen LogP contribution < -0.4 is 5.73 Å². The molecule has 0 aliphatic rings. The quantitative estimate of drug-likeness (QED) is 0.324. The number of hydrogen-bond acceptors (Lipinski definition) is 6. The van der Waals surface area contributed by atoms with Crippen LogP contribution in [0.3, 0.4) is 0 Å². The van der Waals surface area contributed by atoms with E-state index in [0.29, 0.717) is 16.6 Å². The van der Waals surface area contributed by atoms with Crippen LogP contribution in [0.2, 0.25) is 0 Å². The molecule has 0 heterocycles. The Labute approximate surface area is 163 Å². The average Bonchev–Trinajstić information content (AvgIpc) is 2.63. The zero-order valence-corrected chi connectivity index (χ0v) is 16.6. The maximum Gasteiger partial charge on any atom is 0.294 e. The average molecular weight is 399 g/mol. The Balaban J connectivity index is 2.17. The highest BCUT2D eigenvalue weighted by Crippen LogP contribution is 2.43. The third-order valence-electron chi connectivity index (χ3n) is 4.71. The van der Waals surface area contributed by atoms with E-state index in [9.17, 15) is 18.1 Å². The number of benzene rings is 3. The van der Waals surface area contributed by atoms with Gasteiger partial charge < -0.3 is 10.8 Å². The summed E-state index contributed by atoms with van der Waals surface area (Å²) in [4.78, 5) is -0.290. The topological polar surface area (TPSA) is 125 Å². The summed E-state index contributed by atoms with van der Waals surface area (Å²) >= 11 is 0. The number of phenols is 1. The number of nitrogens with zero attached hydrogens (tertiary/aromatic N) is 2. The second kappa shape index (κ2) is 7.21. The first kappa shape index (κ1) is 19.8. The van der Waals surface area contributed by atoms with Gasteiger partial charge in [-0.25, -0.2) is 0 Å². The van der Waals surface area contributed by atoms with Gasteiger partial charge in [0.25, 0.3) is 10.1 Å². The van der Waals surface area contributed by atoms with Crippen LogP contribution in [-0.4, -0.2) is 18.1 Å². The first-order chi connectivity index (χ1) is 13.1. The van der Waals surface area contributed by atoms with Crippen LogP contribution in [-0.2, 0) is 16.5 Å². The predicted molar refractivity (Wildman–Crippen MR) is 109 cm³/mol. The lowest BCUT2D eigenvalue weighted by atomic mass is 10.00. The smallest absolute Gasteiger partial charge is 0.294 e. The van der Waals surface area contributed by atoms with E-state index in [1.54, 1.807) is 13.0 Å². The van der Waals surface area contributed by atoms with Crippen LogP contribution in [0.25, 0.3) is 10.8 Å². The summed E-state index contributed by atoms with van der Waals surface area (Å²) in [6.45, 7) is 5.25. The molecule has 3 rings (SSSR count). The van der Waals surface area contributed by atoms with Crippen molar-refractivity contribution in [2.75, 3.05) is 5.73 Å². The molecule has 0 aliphatic heterocycles. The second-order valence-corrected chi connectivity index (χ2v) is 7.99. The van der Waals surface area contributed by atoms with E-state index in [1.807, 2.05) is 24.3 Å². The molecule has 0 radical (unpaired) electrons. The maximum atomic E-state index is 11.6. The van der Waals surface area contributed by atoms with E-state index in [1.165, 1.54) is 18.6 Å². The van der Waals surface area contributed by atoms with Crippen LogP contribution in [0.4, 0.5) is 17.1 Å². The van der Waals surface area contributed by atoms with Crippen molar-refractivity contribution >= 4 is 38.0 Å². The minimum absolute atomic E-state index is 0.0615. The van der Waals surface area contributed by atoms with Gasteiger partial charge in [-0.2, -0.15) is 13.5 Å². The summed E-state index contributed by atoms with van der Waals surface area (Å²) in [5.74, 6) is -0.189. The molecule has 3 aromatic carbocycles. The van der Waals surface area contributed by atoms with Gasteiger partial charge in [-0.1, -0.05) is 19.1 Å². The molecule has 3 aromatic rings. The molecule has 0 bridgehead atoms. The Morgan fingerprint density at radius 1 is 1.07 bits per heavy atom. The SMILES string of the molecule is CCc1ccc(N=Nc2c(C)cc3cc(S(=O)(=O)O)c(C)c(N)c3c2O)cc1. The number of anilines is 1. The standard InChI is InChI=1S/C20H21N3O4S/c1-4-13-5-7-15(8-6-13)22-23-19-11(2)9-14-10-16(28(25,26)27)12(3)18(21)17(14)20(19)24/h5-10,24H,4,21H2,1-3H3,(H,25,26,27). The number of fused-ring (bicyclic) bond motifs is 1. The maximum absolute atomic E-state index is 11.6. The number of hydrogen-bond donors (Lipinski definition) is 3. The molecule has 4 N–H and O–H groups in total. The zero-order valence-electron chi connectivity index (χ0n) is 15.8. The Bertz CT molecular complexity index is 1200. The fraction of sp³-hybridized carbons (Fsp3) is 0.200. The molecule has 28 heavy (non-hydrogen) atoms. The van der Waals surface area contributed by atoms with E-state index >= 15 is 0 Å². The van der Waals surface area contributed by atoms with Crippen molar-refractivity contribution in [1.29, 1.82) is 0 Å². The van der Waals surface area contributed by atoms with Crippen LogP contribution in [0.1, 0.15) is 23.6 Å². The highest BCUT2D eigenvalue weighted by Gasteiger charge is 2.21. The van der Waals surface area contributed by atoms with Crippen LogP contribution in [0.15, 0.2) is 51.5 Å². The van der Waals surface area contributed by atoms with E-state index in [0.717, 1.165) is 6.42 Å². The number of nitrogens with two attached hydrogens (primary N) is 1. The van der Waals surface area contributed by atoms with Gasteiger partial charge in [0, 0.05) is 11.1 Å². The third-order valence-corrected chi connectivity index (χ3v) is 5.69. The fourth-order valence-electron chi connectivity index (χ4n) is 3.08. The Morgan fingerprint density at radius 3 is 2.29 bits per heavy atom. The van der Waals surface area contributed by atoms with Gasteiger partial charge in [0.2, 0.25) is 0 Å². The molecule has 7 nitrogen and oxygen atoms in total. The molecule has 8 heteroatoms. The molecular weight excluding hydrogens is 378 g/mol. The molecule has 0 aliphatic carbocycles. The summed E-state index contributed by atoms with van der Waals surface area (Å²) in [7, 11) is -4.44. The number of aromatic hydroxyl groups is 1. The molecule has 0 fully saturated rings. The van der Waals surface area contributed by atoms with Crippen molar-refractivity contribution in [3.8, 4) is 5.75 Å². The van der Waals surface area contributed by atoms with Gasteiger partial charge in [-0.05, 0) is 66.6 Å². The van der Waals surface area contributed by atoms with Crippen molar-refractivity contribution in [3.05, 3.63) is 53.1 Å².